The van der Waals surface area contributed by atoms with Gasteiger partial charge in [0.1, 0.15) is 11.5 Å². The van der Waals surface area contributed by atoms with Crippen molar-refractivity contribution < 1.29 is 18.9 Å². The second-order valence-corrected chi connectivity index (χ2v) is 3.44. The van der Waals surface area contributed by atoms with E-state index < -0.39 is 0 Å². The molecule has 5 heteroatoms. The van der Waals surface area contributed by atoms with Crippen molar-refractivity contribution in [3.8, 4) is 17.2 Å². The number of rotatable bonds is 3. The van der Waals surface area contributed by atoms with Crippen LogP contribution in [0.15, 0.2) is 24.4 Å². The Labute approximate surface area is 98.7 Å². The second kappa shape index (κ2) is 4.37. The van der Waals surface area contributed by atoms with E-state index in [2.05, 4.69) is 0 Å². The first kappa shape index (κ1) is 11.3. The molecule has 1 aromatic heterocycles. The van der Waals surface area contributed by atoms with Crippen LogP contribution < -0.4 is 18.9 Å². The molecule has 90 valence electrons. The highest BCUT2D eigenvalue weighted by Gasteiger charge is 2.17. The van der Waals surface area contributed by atoms with Crippen LogP contribution in [-0.2, 0) is 0 Å². The van der Waals surface area contributed by atoms with Crippen molar-refractivity contribution in [1.29, 1.82) is 0 Å². The Kier molecular flexibility index (Phi) is 2.91. The van der Waals surface area contributed by atoms with Crippen LogP contribution in [-0.4, -0.2) is 21.3 Å². The number of nitrogens with zero attached hydrogens (tertiary/aromatic N) is 1. The lowest BCUT2D eigenvalue weighted by atomic mass is 10.1. The standard InChI is InChI=1S/C12H13NO4/c1-15-8-6-9-10(16-2)4-5-13(14)12(9)11(7-8)17-3/h4-7H,1-3H3. The Morgan fingerprint density at radius 2 is 1.71 bits per heavy atom. The summed E-state index contributed by atoms with van der Waals surface area (Å²) < 4.78 is 16.3. The van der Waals surface area contributed by atoms with Gasteiger partial charge in [-0.25, -0.2) is 0 Å². The molecule has 2 rings (SSSR count). The van der Waals surface area contributed by atoms with Gasteiger partial charge in [-0.2, -0.15) is 4.73 Å². The van der Waals surface area contributed by atoms with Gasteiger partial charge in [0.15, 0.2) is 11.9 Å². The molecule has 0 bridgehead atoms. The van der Waals surface area contributed by atoms with Crippen LogP contribution in [0.4, 0.5) is 0 Å². The zero-order valence-corrected chi connectivity index (χ0v) is 9.89. The Morgan fingerprint density at radius 3 is 2.29 bits per heavy atom. The van der Waals surface area contributed by atoms with E-state index in [-0.39, 0.29) is 0 Å². The van der Waals surface area contributed by atoms with Crippen molar-refractivity contribution in [2.24, 2.45) is 0 Å². The summed E-state index contributed by atoms with van der Waals surface area (Å²) in [6, 6.07) is 5.01. The van der Waals surface area contributed by atoms with Gasteiger partial charge in [0.25, 0.3) is 5.52 Å². The molecule has 5 nitrogen and oxygen atoms in total. The van der Waals surface area contributed by atoms with Gasteiger partial charge < -0.3 is 19.4 Å². The molecule has 0 saturated carbocycles. The maximum Gasteiger partial charge on any atom is 0.270 e. The highest BCUT2D eigenvalue weighted by Crippen LogP contribution is 2.33. The molecule has 0 amide bonds. The first-order chi connectivity index (χ1) is 8.21. The molecule has 0 unspecified atom stereocenters. The number of hydrogen-bond acceptors (Lipinski definition) is 4. The van der Waals surface area contributed by atoms with Gasteiger partial charge in [0, 0.05) is 12.1 Å². The summed E-state index contributed by atoms with van der Waals surface area (Å²) in [4.78, 5) is 0. The molecule has 17 heavy (non-hydrogen) atoms. The fourth-order valence-corrected chi connectivity index (χ4v) is 1.75. The summed E-state index contributed by atoms with van der Waals surface area (Å²) >= 11 is 0. The van der Waals surface area contributed by atoms with Crippen LogP contribution in [0.5, 0.6) is 17.2 Å². The van der Waals surface area contributed by atoms with E-state index in [4.69, 9.17) is 14.2 Å². The third-order valence-corrected chi connectivity index (χ3v) is 2.57. The minimum atomic E-state index is 0.424. The summed E-state index contributed by atoms with van der Waals surface area (Å²) in [6.07, 6.45) is 1.39. The zero-order chi connectivity index (χ0) is 12.4. The normalized spacial score (nSPS) is 10.3. The van der Waals surface area contributed by atoms with E-state index in [1.165, 1.54) is 13.3 Å². The quantitative estimate of drug-likeness (QED) is 0.597. The van der Waals surface area contributed by atoms with Gasteiger partial charge in [-0.1, -0.05) is 0 Å². The summed E-state index contributed by atoms with van der Waals surface area (Å²) in [5, 5.41) is 12.4. The first-order valence-corrected chi connectivity index (χ1v) is 5.03. The summed E-state index contributed by atoms with van der Waals surface area (Å²) in [6.45, 7) is 0. The molecule has 2 aromatic rings. The first-order valence-electron chi connectivity index (χ1n) is 5.03. The van der Waals surface area contributed by atoms with Crippen molar-refractivity contribution in [3.63, 3.8) is 0 Å². The fourth-order valence-electron chi connectivity index (χ4n) is 1.75. The van der Waals surface area contributed by atoms with Crippen LogP contribution in [0, 0.1) is 5.21 Å². The number of aromatic nitrogens is 1. The average molecular weight is 235 g/mol. The number of benzene rings is 1. The van der Waals surface area contributed by atoms with Gasteiger partial charge in [-0.05, 0) is 6.07 Å². The highest BCUT2D eigenvalue weighted by atomic mass is 16.5. The van der Waals surface area contributed by atoms with E-state index in [1.807, 2.05) is 0 Å². The molecule has 0 atom stereocenters. The molecule has 0 aliphatic carbocycles. The molecule has 0 spiro atoms. The van der Waals surface area contributed by atoms with E-state index in [0.29, 0.717) is 28.2 Å². The molecule has 0 aliphatic rings. The lowest BCUT2D eigenvalue weighted by Crippen LogP contribution is -2.26. The van der Waals surface area contributed by atoms with Crippen molar-refractivity contribution in [2.45, 2.75) is 0 Å². The largest absolute Gasteiger partial charge is 0.618 e. The van der Waals surface area contributed by atoms with Crippen LogP contribution >= 0.6 is 0 Å². The number of hydrogen-bond donors (Lipinski definition) is 0. The predicted molar refractivity (Wildman–Crippen MR) is 62.6 cm³/mol. The van der Waals surface area contributed by atoms with E-state index in [9.17, 15) is 5.21 Å². The molecule has 0 aliphatic heterocycles. The van der Waals surface area contributed by atoms with Crippen molar-refractivity contribution in [2.75, 3.05) is 21.3 Å². The number of pyridine rings is 1. The van der Waals surface area contributed by atoms with Crippen LogP contribution in [0.25, 0.3) is 10.9 Å². The van der Waals surface area contributed by atoms with Crippen molar-refractivity contribution in [3.05, 3.63) is 29.6 Å². The van der Waals surface area contributed by atoms with Crippen LogP contribution in [0.2, 0.25) is 0 Å². The molecular formula is C12H13NO4. The minimum absolute atomic E-state index is 0.424. The topological polar surface area (TPSA) is 54.6 Å². The Morgan fingerprint density at radius 1 is 1.00 bits per heavy atom. The maximum atomic E-state index is 11.8. The minimum Gasteiger partial charge on any atom is -0.618 e. The lowest BCUT2D eigenvalue weighted by molar-refractivity contribution is -0.577. The second-order valence-electron chi connectivity index (χ2n) is 3.44. The van der Waals surface area contributed by atoms with E-state index in [1.54, 1.807) is 32.4 Å². The summed E-state index contributed by atoms with van der Waals surface area (Å²) in [5.41, 5.74) is 0.424. The number of methoxy groups -OCH3 is 3. The van der Waals surface area contributed by atoms with E-state index in [0.717, 1.165) is 4.73 Å². The zero-order valence-electron chi connectivity index (χ0n) is 9.89. The Hall–Kier alpha value is -2.17. The fraction of sp³-hybridized carbons (Fsp3) is 0.250. The van der Waals surface area contributed by atoms with Crippen LogP contribution in [0.1, 0.15) is 0 Å². The number of ether oxygens (including phenoxy) is 3. The molecular weight excluding hydrogens is 222 g/mol. The summed E-state index contributed by atoms with van der Waals surface area (Å²) in [7, 11) is 4.62. The Bertz CT molecular complexity index is 554. The van der Waals surface area contributed by atoms with Crippen molar-refractivity contribution in [1.82, 2.24) is 0 Å². The van der Waals surface area contributed by atoms with Crippen LogP contribution in [0.3, 0.4) is 0 Å². The average Bonchev–Trinajstić information content (AvgIpc) is 2.37. The van der Waals surface area contributed by atoms with E-state index >= 15 is 0 Å². The van der Waals surface area contributed by atoms with Crippen molar-refractivity contribution >= 4 is 10.9 Å². The van der Waals surface area contributed by atoms with Gasteiger partial charge in [-0.15, -0.1) is 0 Å². The smallest absolute Gasteiger partial charge is 0.270 e. The molecule has 0 N–H and O–H groups in total. The van der Waals surface area contributed by atoms with Gasteiger partial charge in [0.05, 0.1) is 26.7 Å². The third kappa shape index (κ3) is 1.80. The predicted octanol–water partition coefficient (Wildman–Crippen LogP) is 1.50. The lowest BCUT2D eigenvalue weighted by Gasteiger charge is -2.10. The monoisotopic (exact) mass is 235 g/mol. The van der Waals surface area contributed by atoms with Gasteiger partial charge >= 0.3 is 0 Å². The molecule has 1 heterocycles. The molecule has 0 fully saturated rings. The SMILES string of the molecule is COc1cc(OC)c2c(c1)c(OC)cc[n+]2[O-]. The molecule has 0 radical (unpaired) electrons. The number of fused-ring (bicyclic) bond motifs is 1. The van der Waals surface area contributed by atoms with Gasteiger partial charge in [-0.3, -0.25) is 0 Å². The maximum absolute atomic E-state index is 11.8. The molecule has 0 saturated heterocycles. The molecule has 1 aromatic carbocycles. The highest BCUT2D eigenvalue weighted by molar-refractivity contribution is 5.88. The van der Waals surface area contributed by atoms with Gasteiger partial charge in [0.2, 0.25) is 0 Å². The third-order valence-electron chi connectivity index (χ3n) is 2.57. The summed E-state index contributed by atoms with van der Waals surface area (Å²) in [5.74, 6) is 1.66. The Balaban J connectivity index is 2.86.